The lowest BCUT2D eigenvalue weighted by molar-refractivity contribution is -0.384. The average Bonchev–Trinajstić information content (AvgIpc) is 3.00. The van der Waals surface area contributed by atoms with Crippen LogP contribution < -0.4 is 19.5 Å². The number of nitro benzene ring substituents is 1. The van der Waals surface area contributed by atoms with E-state index in [2.05, 4.69) is 21.2 Å². The van der Waals surface area contributed by atoms with Gasteiger partial charge in [0.25, 0.3) is 11.6 Å². The van der Waals surface area contributed by atoms with Gasteiger partial charge in [0.05, 0.1) is 16.0 Å². The van der Waals surface area contributed by atoms with Crippen LogP contribution in [0.25, 0.3) is 6.08 Å². The number of anilines is 1. The van der Waals surface area contributed by atoms with Crippen molar-refractivity contribution in [2.75, 3.05) is 11.9 Å². The predicted molar refractivity (Wildman–Crippen MR) is 162 cm³/mol. The molecule has 42 heavy (non-hydrogen) atoms. The van der Waals surface area contributed by atoms with Crippen molar-refractivity contribution in [3.8, 4) is 23.3 Å². The minimum Gasteiger partial charge on any atom is -0.490 e. The summed E-state index contributed by atoms with van der Waals surface area (Å²) in [6, 6.07) is 28.1. The quantitative estimate of drug-likeness (QED) is 0.0748. The molecule has 0 aliphatic rings. The molecule has 1 N–H and O–H groups in total. The van der Waals surface area contributed by atoms with Gasteiger partial charge in [-0.15, -0.1) is 0 Å². The highest BCUT2D eigenvalue weighted by Gasteiger charge is 2.15. The maximum Gasteiger partial charge on any atom is 0.269 e. The SMILES string of the molecule is CCOc1cc(/C=C(\C#N)C(=O)Nc2ccc(OCc3ccccc3)cc2)cc(Br)c1OCc1ccc([N+](=O)[O-])cc1. The summed E-state index contributed by atoms with van der Waals surface area (Å²) in [6.07, 6.45) is 1.46. The van der Waals surface area contributed by atoms with E-state index in [4.69, 9.17) is 14.2 Å². The van der Waals surface area contributed by atoms with Crippen molar-refractivity contribution in [3.63, 3.8) is 0 Å². The summed E-state index contributed by atoms with van der Waals surface area (Å²) < 4.78 is 18.0. The highest BCUT2D eigenvalue weighted by atomic mass is 79.9. The third-order valence-electron chi connectivity index (χ3n) is 5.90. The molecule has 10 heteroatoms. The van der Waals surface area contributed by atoms with Crippen LogP contribution in [0.2, 0.25) is 0 Å². The Balaban J connectivity index is 1.43. The number of nitrogens with zero attached hydrogens (tertiary/aromatic N) is 2. The van der Waals surface area contributed by atoms with Crippen molar-refractivity contribution < 1.29 is 23.9 Å². The van der Waals surface area contributed by atoms with Crippen LogP contribution >= 0.6 is 15.9 Å². The highest BCUT2D eigenvalue weighted by molar-refractivity contribution is 9.10. The molecule has 212 valence electrons. The van der Waals surface area contributed by atoms with Crippen LogP contribution in [0.1, 0.15) is 23.6 Å². The number of nitrogens with one attached hydrogen (secondary N) is 1. The fourth-order valence-corrected chi connectivity index (χ4v) is 4.41. The third-order valence-corrected chi connectivity index (χ3v) is 6.49. The molecule has 1 amide bonds. The van der Waals surface area contributed by atoms with Crippen LogP contribution in [0.15, 0.2) is 101 Å². The van der Waals surface area contributed by atoms with Crippen molar-refractivity contribution in [1.29, 1.82) is 5.26 Å². The number of hydrogen-bond acceptors (Lipinski definition) is 7. The van der Waals surface area contributed by atoms with E-state index in [-0.39, 0.29) is 17.9 Å². The first-order valence-electron chi connectivity index (χ1n) is 12.9. The van der Waals surface area contributed by atoms with E-state index in [1.54, 1.807) is 48.5 Å². The minimum atomic E-state index is -0.567. The van der Waals surface area contributed by atoms with Gasteiger partial charge in [0.1, 0.15) is 30.6 Å². The number of rotatable bonds is 12. The number of nitro groups is 1. The van der Waals surface area contributed by atoms with Gasteiger partial charge >= 0.3 is 0 Å². The van der Waals surface area contributed by atoms with Crippen LogP contribution in [-0.2, 0) is 18.0 Å². The van der Waals surface area contributed by atoms with Gasteiger partial charge in [-0.05, 0) is 94.2 Å². The lowest BCUT2D eigenvalue weighted by Crippen LogP contribution is -2.13. The van der Waals surface area contributed by atoms with E-state index >= 15 is 0 Å². The largest absolute Gasteiger partial charge is 0.490 e. The first kappa shape index (κ1) is 29.8. The smallest absolute Gasteiger partial charge is 0.269 e. The molecular formula is C32H26BrN3O6. The second-order valence-corrected chi connectivity index (χ2v) is 9.75. The van der Waals surface area contributed by atoms with Crippen molar-refractivity contribution in [1.82, 2.24) is 0 Å². The summed E-state index contributed by atoms with van der Waals surface area (Å²) in [7, 11) is 0. The van der Waals surface area contributed by atoms with E-state index < -0.39 is 10.8 Å². The maximum atomic E-state index is 12.9. The first-order chi connectivity index (χ1) is 20.4. The molecule has 0 heterocycles. The zero-order chi connectivity index (χ0) is 29.9. The highest BCUT2D eigenvalue weighted by Crippen LogP contribution is 2.38. The Morgan fingerprint density at radius 2 is 1.62 bits per heavy atom. The van der Waals surface area contributed by atoms with Gasteiger partial charge < -0.3 is 19.5 Å². The molecule has 0 unspecified atom stereocenters. The Morgan fingerprint density at radius 3 is 2.26 bits per heavy atom. The molecule has 0 fully saturated rings. The Labute approximate surface area is 251 Å². The number of amides is 1. The van der Waals surface area contributed by atoms with Crippen molar-refractivity contribution in [2.24, 2.45) is 0 Å². The molecule has 0 aliphatic heterocycles. The average molecular weight is 628 g/mol. The number of hydrogen-bond donors (Lipinski definition) is 1. The van der Waals surface area contributed by atoms with E-state index in [0.717, 1.165) is 11.1 Å². The summed E-state index contributed by atoms with van der Waals surface area (Å²) in [5, 5.41) is 23.3. The number of carbonyl (C=O) groups excluding carboxylic acids is 1. The molecular weight excluding hydrogens is 602 g/mol. The standard InChI is InChI=1S/C32H26BrN3O6/c1-2-40-30-18-24(17-29(33)31(30)42-21-23-8-12-27(13-9-23)36(38)39)16-25(19-34)32(37)35-26-10-14-28(15-11-26)41-20-22-6-4-3-5-7-22/h3-18H,2,20-21H2,1H3,(H,35,37)/b25-16+. The van der Waals surface area contributed by atoms with E-state index in [9.17, 15) is 20.2 Å². The van der Waals surface area contributed by atoms with Crippen LogP contribution in [0.3, 0.4) is 0 Å². The van der Waals surface area contributed by atoms with Crippen LogP contribution in [0, 0.1) is 21.4 Å². The normalized spacial score (nSPS) is 10.8. The molecule has 4 aromatic rings. The zero-order valence-electron chi connectivity index (χ0n) is 22.6. The topological polar surface area (TPSA) is 124 Å². The van der Waals surface area contributed by atoms with E-state index in [1.807, 2.05) is 43.3 Å². The summed E-state index contributed by atoms with van der Waals surface area (Å²) >= 11 is 3.49. The number of carbonyl (C=O) groups is 1. The fourth-order valence-electron chi connectivity index (χ4n) is 3.83. The fraction of sp³-hybridized carbons (Fsp3) is 0.125. The van der Waals surface area contributed by atoms with Crippen molar-refractivity contribution in [2.45, 2.75) is 20.1 Å². The van der Waals surface area contributed by atoms with Crippen LogP contribution in [0.4, 0.5) is 11.4 Å². The van der Waals surface area contributed by atoms with Crippen molar-refractivity contribution in [3.05, 3.63) is 128 Å². The Bertz CT molecular complexity index is 1620. The number of benzene rings is 4. The second kappa shape index (κ2) is 14.5. The Hall–Kier alpha value is -5.14. The van der Waals surface area contributed by atoms with E-state index in [1.165, 1.54) is 18.2 Å². The molecule has 0 saturated carbocycles. The molecule has 0 aromatic heterocycles. The van der Waals surface area contributed by atoms with Gasteiger partial charge in [-0.25, -0.2) is 0 Å². The number of halogens is 1. The zero-order valence-corrected chi connectivity index (χ0v) is 24.2. The van der Waals surface area contributed by atoms with Gasteiger partial charge in [0, 0.05) is 17.8 Å². The molecule has 0 bridgehead atoms. The van der Waals surface area contributed by atoms with Gasteiger partial charge in [-0.3, -0.25) is 14.9 Å². The first-order valence-corrected chi connectivity index (χ1v) is 13.7. The number of ether oxygens (including phenoxy) is 3. The number of non-ortho nitro benzene ring substituents is 1. The summed E-state index contributed by atoms with van der Waals surface area (Å²) in [5.74, 6) is 0.911. The molecule has 0 atom stereocenters. The molecule has 0 radical (unpaired) electrons. The molecule has 0 spiro atoms. The summed E-state index contributed by atoms with van der Waals surface area (Å²) in [6.45, 7) is 2.74. The van der Waals surface area contributed by atoms with Gasteiger partial charge in [-0.2, -0.15) is 5.26 Å². The molecule has 0 aliphatic carbocycles. The summed E-state index contributed by atoms with van der Waals surface area (Å²) in [4.78, 5) is 23.3. The third kappa shape index (κ3) is 8.19. The minimum absolute atomic E-state index is 0.00623. The van der Waals surface area contributed by atoms with Gasteiger partial charge in [0.15, 0.2) is 11.5 Å². The van der Waals surface area contributed by atoms with Crippen molar-refractivity contribution >= 4 is 39.3 Å². The van der Waals surface area contributed by atoms with E-state index in [0.29, 0.717) is 46.2 Å². The molecule has 0 saturated heterocycles. The van der Waals surface area contributed by atoms with Crippen LogP contribution in [0.5, 0.6) is 17.2 Å². The molecule has 4 rings (SSSR count). The van der Waals surface area contributed by atoms with Gasteiger partial charge in [0.2, 0.25) is 0 Å². The molecule has 4 aromatic carbocycles. The van der Waals surface area contributed by atoms with Gasteiger partial charge in [-0.1, -0.05) is 30.3 Å². The van der Waals surface area contributed by atoms with Crippen LogP contribution in [-0.4, -0.2) is 17.4 Å². The predicted octanol–water partition coefficient (Wildman–Crippen LogP) is 7.46. The number of nitriles is 1. The Morgan fingerprint density at radius 1 is 0.952 bits per heavy atom. The maximum absolute atomic E-state index is 12.9. The Kier molecular flexibility index (Phi) is 10.3. The summed E-state index contributed by atoms with van der Waals surface area (Å²) in [5.41, 5.74) is 2.73. The lowest BCUT2D eigenvalue weighted by atomic mass is 10.1. The molecule has 9 nitrogen and oxygen atoms in total. The second-order valence-electron chi connectivity index (χ2n) is 8.90. The monoisotopic (exact) mass is 627 g/mol. The lowest BCUT2D eigenvalue weighted by Gasteiger charge is -2.15.